The number of rotatable bonds is 2. The summed E-state index contributed by atoms with van der Waals surface area (Å²) in [6.45, 7) is 5.98. The molecule has 15 heavy (non-hydrogen) atoms. The van der Waals surface area contributed by atoms with Gasteiger partial charge in [-0.2, -0.15) is 0 Å². The maximum atomic E-state index is 5.85. The molecule has 88 valence electrons. The fraction of sp³-hybridized carbons (Fsp3) is 1.00. The minimum atomic E-state index is -0.491. The first kappa shape index (κ1) is 11.3. The summed E-state index contributed by atoms with van der Waals surface area (Å²) in [6, 6.07) is 0. The topological polar surface area (TPSA) is 36.9 Å². The van der Waals surface area contributed by atoms with Crippen molar-refractivity contribution in [1.82, 2.24) is 0 Å². The molecular formula is C11H20O4. The zero-order chi connectivity index (χ0) is 11.1. The van der Waals surface area contributed by atoms with Crippen LogP contribution in [0.15, 0.2) is 0 Å². The normalized spacial score (nSPS) is 44.0. The Labute approximate surface area is 90.8 Å². The first-order chi connectivity index (χ1) is 7.05. The number of fused-ring (bicyclic) bond motifs is 1. The van der Waals surface area contributed by atoms with E-state index in [9.17, 15) is 0 Å². The lowest BCUT2D eigenvalue weighted by Gasteiger charge is -2.35. The third-order valence-electron chi connectivity index (χ3n) is 3.00. The van der Waals surface area contributed by atoms with Crippen LogP contribution >= 0.6 is 0 Å². The average Bonchev–Trinajstić information content (AvgIpc) is 2.50. The first-order valence-corrected chi connectivity index (χ1v) is 5.59. The lowest BCUT2D eigenvalue weighted by molar-refractivity contribution is -0.221. The van der Waals surface area contributed by atoms with Crippen LogP contribution < -0.4 is 0 Å². The molecule has 0 aromatic carbocycles. The van der Waals surface area contributed by atoms with Gasteiger partial charge in [-0.3, -0.25) is 0 Å². The Bertz CT molecular complexity index is 229. The van der Waals surface area contributed by atoms with Crippen LogP contribution in [0.3, 0.4) is 0 Å². The molecule has 2 aliphatic rings. The molecule has 0 spiro atoms. The van der Waals surface area contributed by atoms with Crippen LogP contribution in [0.1, 0.15) is 33.6 Å². The van der Waals surface area contributed by atoms with Gasteiger partial charge in [-0.25, -0.2) is 0 Å². The summed E-state index contributed by atoms with van der Waals surface area (Å²) in [4.78, 5) is 0. The van der Waals surface area contributed by atoms with Gasteiger partial charge in [0.1, 0.15) is 6.10 Å². The molecule has 0 aromatic rings. The Hall–Kier alpha value is -0.160. The van der Waals surface area contributed by atoms with Gasteiger partial charge in [0, 0.05) is 13.5 Å². The number of ether oxygens (including phenoxy) is 4. The van der Waals surface area contributed by atoms with Gasteiger partial charge in [-0.15, -0.1) is 0 Å². The van der Waals surface area contributed by atoms with Crippen molar-refractivity contribution in [2.45, 2.75) is 64.0 Å². The third-order valence-corrected chi connectivity index (χ3v) is 3.00. The van der Waals surface area contributed by atoms with E-state index in [-0.39, 0.29) is 24.6 Å². The zero-order valence-electron chi connectivity index (χ0n) is 9.86. The molecule has 0 radical (unpaired) electrons. The Balaban J connectivity index is 2.09. The van der Waals surface area contributed by atoms with Crippen LogP contribution in [0, 0.1) is 0 Å². The fourth-order valence-electron chi connectivity index (χ4n) is 2.36. The average molecular weight is 216 g/mol. The van der Waals surface area contributed by atoms with Crippen molar-refractivity contribution in [2.24, 2.45) is 0 Å². The van der Waals surface area contributed by atoms with Gasteiger partial charge in [0.05, 0.1) is 12.2 Å². The van der Waals surface area contributed by atoms with Crippen molar-refractivity contribution in [1.29, 1.82) is 0 Å². The summed E-state index contributed by atoms with van der Waals surface area (Å²) in [5.41, 5.74) is 0. The summed E-state index contributed by atoms with van der Waals surface area (Å²) in [5.74, 6) is -0.491. The van der Waals surface area contributed by atoms with Gasteiger partial charge in [0.25, 0.3) is 0 Å². The van der Waals surface area contributed by atoms with Crippen LogP contribution in [-0.4, -0.2) is 37.5 Å². The molecule has 0 aromatic heterocycles. The molecule has 4 nitrogen and oxygen atoms in total. The molecule has 2 fully saturated rings. The molecule has 0 amide bonds. The van der Waals surface area contributed by atoms with E-state index < -0.39 is 5.79 Å². The zero-order valence-corrected chi connectivity index (χ0v) is 9.86. The fourth-order valence-corrected chi connectivity index (χ4v) is 2.36. The maximum absolute atomic E-state index is 5.85. The van der Waals surface area contributed by atoms with E-state index in [4.69, 9.17) is 18.9 Å². The highest BCUT2D eigenvalue weighted by Crippen LogP contribution is 2.38. The summed E-state index contributed by atoms with van der Waals surface area (Å²) in [6.07, 6.45) is 1.74. The second-order valence-electron chi connectivity index (χ2n) is 4.62. The molecule has 0 aliphatic carbocycles. The number of hydrogen-bond acceptors (Lipinski definition) is 4. The van der Waals surface area contributed by atoms with Crippen molar-refractivity contribution < 1.29 is 18.9 Å². The van der Waals surface area contributed by atoms with Crippen LogP contribution in [0.5, 0.6) is 0 Å². The van der Waals surface area contributed by atoms with Crippen molar-refractivity contribution >= 4 is 0 Å². The lowest BCUT2D eigenvalue weighted by atomic mass is 10.00. The van der Waals surface area contributed by atoms with E-state index in [1.165, 1.54) is 0 Å². The molecule has 2 saturated heterocycles. The quantitative estimate of drug-likeness (QED) is 0.703. The smallest absolute Gasteiger partial charge is 0.163 e. The molecule has 2 aliphatic heterocycles. The maximum Gasteiger partial charge on any atom is 0.163 e. The summed E-state index contributed by atoms with van der Waals surface area (Å²) >= 11 is 0. The van der Waals surface area contributed by atoms with Crippen LogP contribution in [0.4, 0.5) is 0 Å². The molecule has 4 atom stereocenters. The van der Waals surface area contributed by atoms with E-state index in [1.54, 1.807) is 7.11 Å². The van der Waals surface area contributed by atoms with Gasteiger partial charge >= 0.3 is 0 Å². The molecular weight excluding hydrogens is 196 g/mol. The van der Waals surface area contributed by atoms with Gasteiger partial charge in [-0.05, 0) is 20.3 Å². The summed E-state index contributed by atoms with van der Waals surface area (Å²) in [5, 5.41) is 0. The first-order valence-electron chi connectivity index (χ1n) is 5.59. The minimum absolute atomic E-state index is 0.0522. The highest BCUT2D eigenvalue weighted by atomic mass is 16.8. The molecule has 0 bridgehead atoms. The van der Waals surface area contributed by atoms with E-state index in [0.717, 1.165) is 12.8 Å². The predicted octanol–water partition coefficient (Wildman–Crippen LogP) is 1.68. The summed E-state index contributed by atoms with van der Waals surface area (Å²) in [7, 11) is 1.67. The Kier molecular flexibility index (Phi) is 3.03. The van der Waals surface area contributed by atoms with Crippen LogP contribution in [0.2, 0.25) is 0 Å². The Morgan fingerprint density at radius 3 is 2.67 bits per heavy atom. The summed E-state index contributed by atoms with van der Waals surface area (Å²) < 4.78 is 22.7. The second kappa shape index (κ2) is 4.01. The van der Waals surface area contributed by atoms with Gasteiger partial charge in [-0.1, -0.05) is 6.92 Å². The molecule has 4 unspecified atom stereocenters. The Morgan fingerprint density at radius 1 is 1.33 bits per heavy atom. The van der Waals surface area contributed by atoms with Crippen molar-refractivity contribution in [3.05, 3.63) is 0 Å². The van der Waals surface area contributed by atoms with Crippen molar-refractivity contribution in [3.63, 3.8) is 0 Å². The molecule has 2 heterocycles. The van der Waals surface area contributed by atoms with Crippen molar-refractivity contribution in [2.75, 3.05) is 7.11 Å². The highest BCUT2D eigenvalue weighted by Gasteiger charge is 2.49. The molecule has 4 heteroatoms. The lowest BCUT2D eigenvalue weighted by Crippen LogP contribution is -2.46. The molecule has 0 saturated carbocycles. The minimum Gasteiger partial charge on any atom is -0.356 e. The van der Waals surface area contributed by atoms with E-state index in [2.05, 4.69) is 6.92 Å². The third kappa shape index (κ3) is 2.18. The van der Waals surface area contributed by atoms with Crippen molar-refractivity contribution in [3.8, 4) is 0 Å². The van der Waals surface area contributed by atoms with E-state index in [1.807, 2.05) is 13.8 Å². The molecule has 2 rings (SSSR count). The SMILES string of the molecule is CCC1OC(OC)CC2OC(C)(C)OC12. The monoisotopic (exact) mass is 216 g/mol. The predicted molar refractivity (Wildman–Crippen MR) is 54.4 cm³/mol. The van der Waals surface area contributed by atoms with Crippen LogP contribution in [0.25, 0.3) is 0 Å². The van der Waals surface area contributed by atoms with E-state index in [0.29, 0.717) is 0 Å². The van der Waals surface area contributed by atoms with E-state index >= 15 is 0 Å². The van der Waals surface area contributed by atoms with Crippen LogP contribution in [-0.2, 0) is 18.9 Å². The van der Waals surface area contributed by atoms with Gasteiger partial charge in [0.2, 0.25) is 0 Å². The Morgan fingerprint density at radius 2 is 2.07 bits per heavy atom. The van der Waals surface area contributed by atoms with Gasteiger partial charge in [0.15, 0.2) is 12.1 Å². The standard InChI is InChI=1S/C11H20O4/c1-5-7-10-8(6-9(12-4)13-7)14-11(2,3)15-10/h7-10H,5-6H2,1-4H3. The largest absolute Gasteiger partial charge is 0.356 e. The molecule has 0 N–H and O–H groups in total. The number of hydrogen-bond donors (Lipinski definition) is 0. The van der Waals surface area contributed by atoms with Gasteiger partial charge < -0.3 is 18.9 Å². The number of methoxy groups -OCH3 is 1. The highest BCUT2D eigenvalue weighted by molar-refractivity contribution is 4.90. The second-order valence-corrected chi connectivity index (χ2v) is 4.62.